The smallest absolute Gasteiger partial charge is 0.310 e. The molecule has 2 aliphatic rings. The largest absolute Gasteiger partial charge is 0.341 e. The van der Waals surface area contributed by atoms with Crippen LogP contribution in [0.15, 0.2) is 41.4 Å². The zero-order chi connectivity index (χ0) is 23.4. The number of nitrogens with zero attached hydrogens (tertiary/aromatic N) is 3. The minimum absolute atomic E-state index is 0.0335. The van der Waals surface area contributed by atoms with E-state index < -0.39 is 38.0 Å². The van der Waals surface area contributed by atoms with Crippen LogP contribution >= 0.6 is 0 Å². The van der Waals surface area contributed by atoms with E-state index in [1.165, 1.54) is 11.1 Å². The van der Waals surface area contributed by atoms with E-state index in [0.717, 1.165) is 29.2 Å². The third-order valence-corrected chi connectivity index (χ3v) is 6.96. The number of benzene rings is 1. The second-order valence-corrected chi connectivity index (χ2v) is 9.81. The Balaban J connectivity index is 1.65. The van der Waals surface area contributed by atoms with Gasteiger partial charge in [-0.25, -0.2) is 23.1 Å². The molecule has 0 saturated carbocycles. The predicted molar refractivity (Wildman–Crippen MR) is 109 cm³/mol. The highest BCUT2D eigenvalue weighted by molar-refractivity contribution is 7.91. The molecule has 1 N–H and O–H groups in total. The molecule has 4 amide bonds. The Morgan fingerprint density at radius 2 is 1.78 bits per heavy atom. The van der Waals surface area contributed by atoms with E-state index in [-0.39, 0.29) is 24.6 Å². The number of pyridine rings is 1. The zero-order valence-electron chi connectivity index (χ0n) is 17.0. The highest BCUT2D eigenvalue weighted by atomic mass is 32.2. The van der Waals surface area contributed by atoms with Gasteiger partial charge in [0.25, 0.3) is 5.91 Å². The summed E-state index contributed by atoms with van der Waals surface area (Å²) in [6, 6.07) is 5.14. The van der Waals surface area contributed by atoms with E-state index >= 15 is 0 Å². The van der Waals surface area contributed by atoms with Gasteiger partial charge >= 0.3 is 11.8 Å². The van der Waals surface area contributed by atoms with Crippen molar-refractivity contribution in [3.63, 3.8) is 0 Å². The zero-order valence-corrected chi connectivity index (χ0v) is 17.8. The fourth-order valence-electron chi connectivity index (χ4n) is 3.71. The summed E-state index contributed by atoms with van der Waals surface area (Å²) in [5.74, 6) is -3.95. The monoisotopic (exact) mass is 464 g/mol. The Morgan fingerprint density at radius 1 is 1.12 bits per heavy atom. The lowest BCUT2D eigenvalue weighted by Gasteiger charge is -2.28. The molecule has 1 aromatic carbocycles. The van der Waals surface area contributed by atoms with Gasteiger partial charge in [0, 0.05) is 18.3 Å². The maximum Gasteiger partial charge on any atom is 0.341 e. The van der Waals surface area contributed by atoms with Gasteiger partial charge in [-0.2, -0.15) is 8.78 Å². The average Bonchev–Trinajstić information content (AvgIpc) is 3.19. The van der Waals surface area contributed by atoms with Gasteiger partial charge in [-0.15, -0.1) is 0 Å². The Hall–Kier alpha value is -3.41. The van der Waals surface area contributed by atoms with E-state index in [4.69, 9.17) is 0 Å². The number of alkyl halides is 2. The van der Waals surface area contributed by atoms with Crippen molar-refractivity contribution in [3.05, 3.63) is 47.7 Å². The summed E-state index contributed by atoms with van der Waals surface area (Å²) < 4.78 is 48.8. The topological polar surface area (TPSA) is 117 Å². The maximum absolute atomic E-state index is 13.2. The van der Waals surface area contributed by atoms with Crippen LogP contribution in [-0.4, -0.2) is 47.4 Å². The van der Waals surface area contributed by atoms with Crippen LogP contribution in [0.25, 0.3) is 0 Å². The molecule has 12 heteroatoms. The summed E-state index contributed by atoms with van der Waals surface area (Å²) in [6.07, 6.45) is 1.60. The lowest BCUT2D eigenvalue weighted by Crippen LogP contribution is -2.43. The molecular formula is C20H18F2N4O5S. The Bertz CT molecular complexity index is 1250. The molecule has 2 aromatic rings. The second kappa shape index (κ2) is 7.33. The average molecular weight is 464 g/mol. The minimum atomic E-state index is -4.80. The molecule has 32 heavy (non-hydrogen) atoms. The standard InChI is InChI=1S/C20H18F2N4O5S/c1-20(2)17(28)26(12-3-5-13(6-4-12)32(30,31)18(21)22)19(29)25(20)10-11-7-8-23-16-14(11)9-15(27)24-16/h3-8,18H,9-10H2,1-2H3,(H,23,24,27). The number of hydrogen-bond donors (Lipinski definition) is 1. The van der Waals surface area contributed by atoms with Crippen molar-refractivity contribution in [2.45, 2.75) is 43.0 Å². The summed E-state index contributed by atoms with van der Waals surface area (Å²) in [5, 5.41) is 2.63. The third-order valence-electron chi connectivity index (χ3n) is 5.56. The van der Waals surface area contributed by atoms with Crippen LogP contribution in [0, 0.1) is 0 Å². The number of halogens is 2. The van der Waals surface area contributed by atoms with Crippen molar-refractivity contribution in [2.75, 3.05) is 10.2 Å². The first-order valence-electron chi connectivity index (χ1n) is 9.49. The molecule has 1 saturated heterocycles. The first-order chi connectivity index (χ1) is 14.9. The van der Waals surface area contributed by atoms with Crippen LogP contribution in [0.4, 0.5) is 25.1 Å². The van der Waals surface area contributed by atoms with Gasteiger partial charge in [-0.05, 0) is 49.7 Å². The maximum atomic E-state index is 13.2. The van der Waals surface area contributed by atoms with Crippen molar-refractivity contribution in [1.29, 1.82) is 0 Å². The molecule has 1 fully saturated rings. The van der Waals surface area contributed by atoms with E-state index in [1.54, 1.807) is 19.9 Å². The molecule has 2 aliphatic heterocycles. The molecule has 4 rings (SSSR count). The Kier molecular flexibility index (Phi) is 4.99. The van der Waals surface area contributed by atoms with Crippen LogP contribution in [0.1, 0.15) is 25.0 Å². The fourth-order valence-corrected chi connectivity index (χ4v) is 4.43. The van der Waals surface area contributed by atoms with E-state index in [9.17, 15) is 31.6 Å². The molecular weight excluding hydrogens is 446 g/mol. The molecule has 0 atom stereocenters. The highest BCUT2D eigenvalue weighted by Crippen LogP contribution is 2.35. The normalized spacial score (nSPS) is 17.8. The third kappa shape index (κ3) is 3.30. The molecule has 0 radical (unpaired) electrons. The summed E-state index contributed by atoms with van der Waals surface area (Å²) in [7, 11) is -4.80. The first-order valence-corrected chi connectivity index (χ1v) is 11.0. The van der Waals surface area contributed by atoms with Gasteiger partial charge in [0.15, 0.2) is 0 Å². The minimum Gasteiger partial charge on any atom is -0.310 e. The van der Waals surface area contributed by atoms with E-state index in [1.807, 2.05) is 0 Å². The summed E-state index contributed by atoms with van der Waals surface area (Å²) in [4.78, 5) is 43.7. The number of sulfone groups is 1. The number of urea groups is 1. The molecule has 0 unspecified atom stereocenters. The van der Waals surface area contributed by atoms with E-state index in [2.05, 4.69) is 10.3 Å². The van der Waals surface area contributed by atoms with Crippen LogP contribution in [0.3, 0.4) is 0 Å². The molecule has 0 aliphatic carbocycles. The SMILES string of the molecule is CC1(C)C(=O)N(c2ccc(S(=O)(=O)C(F)F)cc2)C(=O)N1Cc1ccnc2c1CC(=O)N2. The highest BCUT2D eigenvalue weighted by Gasteiger charge is 2.52. The number of aromatic nitrogens is 1. The number of fused-ring (bicyclic) bond motifs is 1. The number of anilines is 2. The first kappa shape index (κ1) is 21.8. The number of carbonyl (C=O) groups excluding carboxylic acids is 3. The van der Waals surface area contributed by atoms with Crippen molar-refractivity contribution >= 4 is 39.2 Å². The molecule has 168 valence electrons. The Labute approximate surface area is 181 Å². The van der Waals surface area contributed by atoms with Crippen molar-refractivity contribution in [1.82, 2.24) is 9.88 Å². The number of hydrogen-bond acceptors (Lipinski definition) is 6. The van der Waals surface area contributed by atoms with Crippen LogP contribution < -0.4 is 10.2 Å². The predicted octanol–water partition coefficient (Wildman–Crippen LogP) is 2.32. The molecule has 9 nitrogen and oxygen atoms in total. The molecule has 0 spiro atoms. The van der Waals surface area contributed by atoms with Crippen molar-refractivity contribution < 1.29 is 31.6 Å². The van der Waals surface area contributed by atoms with Gasteiger partial charge in [0.1, 0.15) is 11.4 Å². The Morgan fingerprint density at radius 3 is 2.41 bits per heavy atom. The van der Waals surface area contributed by atoms with Gasteiger partial charge in [-0.1, -0.05) is 0 Å². The quantitative estimate of drug-likeness (QED) is 0.679. The number of amides is 4. The number of nitrogens with one attached hydrogen (secondary N) is 1. The molecule has 1 aromatic heterocycles. The second-order valence-electron chi connectivity index (χ2n) is 7.89. The van der Waals surface area contributed by atoms with Gasteiger partial charge in [0.05, 0.1) is 17.0 Å². The molecule has 3 heterocycles. The summed E-state index contributed by atoms with van der Waals surface area (Å²) in [5.41, 5.74) is 0.105. The van der Waals surface area contributed by atoms with Gasteiger partial charge in [-0.3, -0.25) is 9.59 Å². The fraction of sp³-hybridized carbons (Fsp3) is 0.300. The van der Waals surface area contributed by atoms with E-state index in [0.29, 0.717) is 16.9 Å². The lowest BCUT2D eigenvalue weighted by molar-refractivity contribution is -0.123. The van der Waals surface area contributed by atoms with Crippen molar-refractivity contribution in [2.24, 2.45) is 0 Å². The van der Waals surface area contributed by atoms with Crippen molar-refractivity contribution in [3.8, 4) is 0 Å². The molecule has 0 bridgehead atoms. The summed E-state index contributed by atoms with van der Waals surface area (Å²) in [6.45, 7) is 3.16. The number of carbonyl (C=O) groups is 3. The number of rotatable bonds is 5. The summed E-state index contributed by atoms with van der Waals surface area (Å²) >= 11 is 0. The van der Waals surface area contributed by atoms with Gasteiger partial charge in [0.2, 0.25) is 15.7 Å². The van der Waals surface area contributed by atoms with Crippen LogP contribution in [-0.2, 0) is 32.4 Å². The number of imide groups is 1. The van der Waals surface area contributed by atoms with Crippen LogP contribution in [0.5, 0.6) is 0 Å². The van der Waals surface area contributed by atoms with Gasteiger partial charge < -0.3 is 10.2 Å². The lowest BCUT2D eigenvalue weighted by atomic mass is 10.0. The van der Waals surface area contributed by atoms with Crippen LogP contribution in [0.2, 0.25) is 0 Å².